The van der Waals surface area contributed by atoms with Crippen molar-refractivity contribution in [3.05, 3.63) is 34.3 Å². The number of nitrogens with two attached hydrogens (primary N) is 1. The van der Waals surface area contributed by atoms with Crippen LogP contribution in [-0.2, 0) is 9.59 Å². The Bertz CT molecular complexity index is 462. The lowest BCUT2D eigenvalue weighted by molar-refractivity contribution is -0.123. The van der Waals surface area contributed by atoms with E-state index in [0.29, 0.717) is 6.54 Å². The van der Waals surface area contributed by atoms with Crippen LogP contribution in [0, 0.1) is 0 Å². The van der Waals surface area contributed by atoms with E-state index in [-0.39, 0.29) is 30.3 Å². The zero-order valence-electron chi connectivity index (χ0n) is 11.7. The van der Waals surface area contributed by atoms with Gasteiger partial charge in [-0.3, -0.25) is 9.59 Å². The smallest absolute Gasteiger partial charge is 0.222 e. The average molecular weight is 342 g/mol. The topological polar surface area (TPSA) is 84.2 Å². The van der Waals surface area contributed by atoms with Crippen molar-refractivity contribution in [2.24, 2.45) is 5.73 Å². The van der Waals surface area contributed by atoms with Gasteiger partial charge in [0, 0.05) is 24.0 Å². The van der Waals surface area contributed by atoms with Crippen LogP contribution in [0.4, 0.5) is 0 Å². The van der Waals surface area contributed by atoms with Crippen LogP contribution in [0.2, 0.25) is 0 Å². The van der Waals surface area contributed by atoms with Gasteiger partial charge < -0.3 is 16.4 Å². The van der Waals surface area contributed by atoms with Crippen molar-refractivity contribution in [2.45, 2.75) is 32.4 Å². The Hall–Kier alpha value is -1.40. The van der Waals surface area contributed by atoms with E-state index in [2.05, 4.69) is 26.6 Å². The second-order valence-corrected chi connectivity index (χ2v) is 5.63. The van der Waals surface area contributed by atoms with E-state index in [0.717, 1.165) is 10.0 Å². The zero-order chi connectivity index (χ0) is 15.1. The molecule has 0 spiro atoms. The molecule has 5 nitrogen and oxygen atoms in total. The largest absolute Gasteiger partial charge is 0.352 e. The van der Waals surface area contributed by atoms with Crippen LogP contribution in [0.3, 0.4) is 0 Å². The Morgan fingerprint density at radius 2 is 1.85 bits per heavy atom. The third-order valence-electron chi connectivity index (χ3n) is 2.80. The number of nitrogens with one attached hydrogen (secondary N) is 2. The molecule has 4 N–H and O–H groups in total. The summed E-state index contributed by atoms with van der Waals surface area (Å²) in [5.74, 6) is -0.304. The van der Waals surface area contributed by atoms with E-state index in [1.807, 2.05) is 31.2 Å². The quantitative estimate of drug-likeness (QED) is 0.732. The van der Waals surface area contributed by atoms with Crippen molar-refractivity contribution in [3.63, 3.8) is 0 Å². The van der Waals surface area contributed by atoms with Crippen LogP contribution >= 0.6 is 15.9 Å². The SMILES string of the molecule is CC(=O)NC(CC(=O)N[C@@H](C)CN)c1ccc(Br)cc1. The van der Waals surface area contributed by atoms with Gasteiger partial charge in [-0.15, -0.1) is 0 Å². The maximum absolute atomic E-state index is 11.9. The highest BCUT2D eigenvalue weighted by Gasteiger charge is 2.17. The molecule has 0 heterocycles. The third-order valence-corrected chi connectivity index (χ3v) is 3.33. The zero-order valence-corrected chi connectivity index (χ0v) is 13.2. The lowest BCUT2D eigenvalue weighted by atomic mass is 10.0. The van der Waals surface area contributed by atoms with Crippen molar-refractivity contribution in [2.75, 3.05) is 6.54 Å². The molecule has 0 aliphatic carbocycles. The van der Waals surface area contributed by atoms with E-state index in [4.69, 9.17) is 5.73 Å². The van der Waals surface area contributed by atoms with Crippen LogP contribution < -0.4 is 16.4 Å². The number of carbonyl (C=O) groups excluding carboxylic acids is 2. The van der Waals surface area contributed by atoms with Gasteiger partial charge in [-0.05, 0) is 24.6 Å². The Morgan fingerprint density at radius 3 is 2.35 bits per heavy atom. The average Bonchev–Trinajstić information content (AvgIpc) is 2.38. The summed E-state index contributed by atoms with van der Waals surface area (Å²) < 4.78 is 0.948. The molecule has 0 aliphatic rings. The predicted molar refractivity (Wildman–Crippen MR) is 82.0 cm³/mol. The minimum Gasteiger partial charge on any atom is -0.352 e. The Morgan fingerprint density at radius 1 is 1.25 bits per heavy atom. The summed E-state index contributed by atoms with van der Waals surface area (Å²) in [4.78, 5) is 23.2. The molecule has 0 radical (unpaired) electrons. The number of hydrogen-bond acceptors (Lipinski definition) is 3. The molecule has 6 heteroatoms. The molecule has 20 heavy (non-hydrogen) atoms. The normalized spacial score (nSPS) is 13.4. The van der Waals surface area contributed by atoms with E-state index in [1.165, 1.54) is 6.92 Å². The predicted octanol–water partition coefficient (Wildman–Crippen LogP) is 1.48. The number of amides is 2. The monoisotopic (exact) mass is 341 g/mol. The first-order valence-electron chi connectivity index (χ1n) is 6.44. The molecule has 0 bridgehead atoms. The Kier molecular flexibility index (Phi) is 6.67. The van der Waals surface area contributed by atoms with Crippen LogP contribution in [0.25, 0.3) is 0 Å². The second kappa shape index (κ2) is 8.01. The van der Waals surface area contributed by atoms with E-state index in [1.54, 1.807) is 0 Å². The van der Waals surface area contributed by atoms with Crippen molar-refractivity contribution in [1.82, 2.24) is 10.6 Å². The molecule has 2 amide bonds. The summed E-state index contributed by atoms with van der Waals surface area (Å²) in [6.07, 6.45) is 0.186. The highest BCUT2D eigenvalue weighted by molar-refractivity contribution is 9.10. The van der Waals surface area contributed by atoms with Crippen molar-refractivity contribution < 1.29 is 9.59 Å². The van der Waals surface area contributed by atoms with Crippen LogP contribution in [-0.4, -0.2) is 24.4 Å². The van der Waals surface area contributed by atoms with Crippen molar-refractivity contribution in [1.29, 1.82) is 0 Å². The fourth-order valence-electron chi connectivity index (χ4n) is 1.77. The summed E-state index contributed by atoms with van der Waals surface area (Å²) >= 11 is 3.36. The standard InChI is InChI=1S/C14H20BrN3O2/c1-9(8-16)17-14(20)7-13(18-10(2)19)11-3-5-12(15)6-4-11/h3-6,9,13H,7-8,16H2,1-2H3,(H,17,20)(H,18,19)/t9-,13?/m0/s1. The number of rotatable bonds is 6. The molecule has 0 saturated carbocycles. The minimum absolute atomic E-state index is 0.0783. The summed E-state index contributed by atoms with van der Waals surface area (Å²) in [5.41, 5.74) is 6.36. The molecule has 110 valence electrons. The molecule has 0 fully saturated rings. The summed E-state index contributed by atoms with van der Waals surface area (Å²) in [7, 11) is 0. The molecule has 1 aromatic rings. The molecule has 0 saturated heterocycles. The second-order valence-electron chi connectivity index (χ2n) is 4.71. The van der Waals surface area contributed by atoms with Gasteiger partial charge in [-0.2, -0.15) is 0 Å². The van der Waals surface area contributed by atoms with Gasteiger partial charge in [-0.25, -0.2) is 0 Å². The molecular weight excluding hydrogens is 322 g/mol. The maximum Gasteiger partial charge on any atom is 0.222 e. The number of carbonyl (C=O) groups is 2. The van der Waals surface area contributed by atoms with Gasteiger partial charge >= 0.3 is 0 Å². The van der Waals surface area contributed by atoms with Crippen LogP contribution in [0.15, 0.2) is 28.7 Å². The first-order chi connectivity index (χ1) is 9.42. The lowest BCUT2D eigenvalue weighted by Gasteiger charge is -2.19. The third kappa shape index (κ3) is 5.71. The van der Waals surface area contributed by atoms with E-state index in [9.17, 15) is 9.59 Å². The van der Waals surface area contributed by atoms with Gasteiger partial charge in [0.25, 0.3) is 0 Å². The maximum atomic E-state index is 11.9. The molecule has 1 unspecified atom stereocenters. The lowest BCUT2D eigenvalue weighted by Crippen LogP contribution is -2.40. The van der Waals surface area contributed by atoms with Crippen molar-refractivity contribution in [3.8, 4) is 0 Å². The molecule has 0 aromatic heterocycles. The Labute approximate surface area is 127 Å². The number of benzene rings is 1. The fourth-order valence-corrected chi connectivity index (χ4v) is 2.04. The van der Waals surface area contributed by atoms with E-state index >= 15 is 0 Å². The highest BCUT2D eigenvalue weighted by atomic mass is 79.9. The fraction of sp³-hybridized carbons (Fsp3) is 0.429. The van der Waals surface area contributed by atoms with Gasteiger partial charge in [-0.1, -0.05) is 28.1 Å². The number of hydrogen-bond donors (Lipinski definition) is 3. The van der Waals surface area contributed by atoms with Gasteiger partial charge in [0.05, 0.1) is 12.5 Å². The van der Waals surface area contributed by atoms with Crippen molar-refractivity contribution >= 4 is 27.7 Å². The molecule has 0 aliphatic heterocycles. The first kappa shape index (κ1) is 16.7. The molecule has 1 rings (SSSR count). The van der Waals surface area contributed by atoms with Crippen LogP contribution in [0.1, 0.15) is 31.9 Å². The molecule has 1 aromatic carbocycles. The number of halogens is 1. The summed E-state index contributed by atoms with van der Waals surface area (Å²) in [6.45, 7) is 3.66. The highest BCUT2D eigenvalue weighted by Crippen LogP contribution is 2.19. The Balaban J connectivity index is 2.76. The van der Waals surface area contributed by atoms with Gasteiger partial charge in [0.1, 0.15) is 0 Å². The van der Waals surface area contributed by atoms with Gasteiger partial charge in [0.2, 0.25) is 11.8 Å². The first-order valence-corrected chi connectivity index (χ1v) is 7.23. The molecular formula is C14H20BrN3O2. The molecule has 2 atom stereocenters. The summed E-state index contributed by atoms with van der Waals surface area (Å²) in [6, 6.07) is 7.10. The van der Waals surface area contributed by atoms with Crippen LogP contribution in [0.5, 0.6) is 0 Å². The van der Waals surface area contributed by atoms with E-state index < -0.39 is 0 Å². The summed E-state index contributed by atoms with van der Waals surface area (Å²) in [5, 5.41) is 5.58. The van der Waals surface area contributed by atoms with Gasteiger partial charge in [0.15, 0.2) is 0 Å². The minimum atomic E-state index is -0.342.